The zero-order valence-corrected chi connectivity index (χ0v) is 8.47. The first kappa shape index (κ1) is 10.4. The third-order valence-corrected chi connectivity index (χ3v) is 2.19. The zero-order valence-electron chi connectivity index (χ0n) is 8.47. The fourth-order valence-electron chi connectivity index (χ4n) is 1.48. The number of nitrogens with two attached hydrogens (primary N) is 1. The fourth-order valence-corrected chi connectivity index (χ4v) is 1.48. The number of fused-ring (bicyclic) bond motifs is 1. The number of nitrogens with zero attached hydrogens (tertiary/aromatic N) is 1. The van der Waals surface area contributed by atoms with Gasteiger partial charge in [0.05, 0.1) is 17.7 Å². The van der Waals surface area contributed by atoms with Gasteiger partial charge in [0.15, 0.2) is 0 Å². The van der Waals surface area contributed by atoms with Gasteiger partial charge in [-0.2, -0.15) is 0 Å². The van der Waals surface area contributed by atoms with E-state index in [-0.39, 0.29) is 12.2 Å². The van der Waals surface area contributed by atoms with E-state index >= 15 is 0 Å². The molecule has 2 N–H and O–H groups in total. The van der Waals surface area contributed by atoms with Crippen LogP contribution in [0, 0.1) is 0 Å². The van der Waals surface area contributed by atoms with Crippen molar-refractivity contribution in [1.82, 2.24) is 5.06 Å². The van der Waals surface area contributed by atoms with Crippen LogP contribution in [0.15, 0.2) is 30.9 Å². The molecular weight excluding hydrogens is 208 g/mol. The summed E-state index contributed by atoms with van der Waals surface area (Å²) in [4.78, 5) is 28.5. The van der Waals surface area contributed by atoms with Crippen molar-refractivity contribution in [3.8, 4) is 0 Å². The van der Waals surface area contributed by atoms with Crippen LogP contribution >= 0.6 is 0 Å². The number of carbonyl (C=O) groups is 2. The lowest BCUT2D eigenvalue weighted by molar-refractivity contribution is -0.0801. The number of hydroxylamine groups is 2. The second-order valence-electron chi connectivity index (χ2n) is 3.29. The van der Waals surface area contributed by atoms with Crippen LogP contribution in [0.5, 0.6) is 0 Å². The first-order valence-electron chi connectivity index (χ1n) is 4.67. The Kier molecular flexibility index (Phi) is 2.46. The zero-order chi connectivity index (χ0) is 11.7. The average Bonchev–Trinajstić information content (AvgIpc) is 2.50. The minimum Gasteiger partial charge on any atom is -0.399 e. The predicted molar refractivity (Wildman–Crippen MR) is 57.5 cm³/mol. The summed E-state index contributed by atoms with van der Waals surface area (Å²) >= 11 is 0. The molecule has 1 aliphatic rings. The second-order valence-corrected chi connectivity index (χ2v) is 3.29. The number of hydrogen-bond donors (Lipinski definition) is 1. The van der Waals surface area contributed by atoms with E-state index in [1.807, 2.05) is 0 Å². The number of benzene rings is 1. The van der Waals surface area contributed by atoms with E-state index in [0.29, 0.717) is 11.3 Å². The Hall–Kier alpha value is -2.14. The average molecular weight is 218 g/mol. The molecule has 0 saturated heterocycles. The monoisotopic (exact) mass is 218 g/mol. The largest absolute Gasteiger partial charge is 0.399 e. The Morgan fingerprint density at radius 3 is 2.69 bits per heavy atom. The number of nitrogen functional groups attached to an aromatic ring is 1. The van der Waals surface area contributed by atoms with Crippen LogP contribution in [0.25, 0.3) is 0 Å². The van der Waals surface area contributed by atoms with Gasteiger partial charge in [0.25, 0.3) is 11.8 Å². The van der Waals surface area contributed by atoms with Gasteiger partial charge in [0.1, 0.15) is 0 Å². The quantitative estimate of drug-likeness (QED) is 0.466. The van der Waals surface area contributed by atoms with E-state index in [2.05, 4.69) is 6.58 Å². The lowest BCUT2D eigenvalue weighted by Gasteiger charge is -2.10. The van der Waals surface area contributed by atoms with E-state index in [1.54, 1.807) is 6.07 Å². The van der Waals surface area contributed by atoms with Crippen molar-refractivity contribution in [2.45, 2.75) is 0 Å². The number of anilines is 1. The molecule has 0 aliphatic carbocycles. The molecule has 0 radical (unpaired) electrons. The van der Waals surface area contributed by atoms with Gasteiger partial charge in [-0.05, 0) is 18.2 Å². The molecule has 1 heterocycles. The van der Waals surface area contributed by atoms with Crippen molar-refractivity contribution in [2.24, 2.45) is 0 Å². The molecule has 2 amide bonds. The molecule has 1 aliphatic heterocycles. The van der Waals surface area contributed by atoms with Crippen LogP contribution < -0.4 is 5.73 Å². The third-order valence-electron chi connectivity index (χ3n) is 2.19. The normalized spacial score (nSPS) is 14.1. The van der Waals surface area contributed by atoms with Gasteiger partial charge >= 0.3 is 0 Å². The van der Waals surface area contributed by atoms with Gasteiger partial charge in [0, 0.05) is 5.69 Å². The summed E-state index contributed by atoms with van der Waals surface area (Å²) in [7, 11) is 0. The third kappa shape index (κ3) is 1.47. The Morgan fingerprint density at radius 1 is 1.31 bits per heavy atom. The number of carbonyl (C=O) groups excluding carboxylic acids is 2. The summed E-state index contributed by atoms with van der Waals surface area (Å²) in [6, 6.07) is 4.55. The number of rotatable bonds is 3. The summed E-state index contributed by atoms with van der Waals surface area (Å²) in [5, 5.41) is 0.728. The van der Waals surface area contributed by atoms with Crippen LogP contribution in [0.4, 0.5) is 5.69 Å². The van der Waals surface area contributed by atoms with Gasteiger partial charge in [0.2, 0.25) is 0 Å². The summed E-state index contributed by atoms with van der Waals surface area (Å²) < 4.78 is 0. The fraction of sp³-hybridized carbons (Fsp3) is 0.0909. The van der Waals surface area contributed by atoms with Gasteiger partial charge in [-0.1, -0.05) is 6.08 Å². The smallest absolute Gasteiger partial charge is 0.285 e. The highest BCUT2D eigenvalue weighted by molar-refractivity contribution is 6.20. The van der Waals surface area contributed by atoms with Crippen LogP contribution in [-0.4, -0.2) is 23.5 Å². The number of imide groups is 1. The summed E-state index contributed by atoms with van der Waals surface area (Å²) in [5.74, 6) is -0.962. The minimum atomic E-state index is -0.492. The SMILES string of the molecule is C=CCON1C(=O)c2ccc(N)cc2C1=O. The molecule has 0 bridgehead atoms. The standard InChI is InChI=1S/C11H10N2O3/c1-2-5-16-13-10(14)8-4-3-7(12)6-9(8)11(13)15/h2-4,6H,1,5,12H2. The maximum Gasteiger partial charge on any atom is 0.285 e. The highest BCUT2D eigenvalue weighted by atomic mass is 16.7. The van der Waals surface area contributed by atoms with Crippen LogP contribution in [0.3, 0.4) is 0 Å². The first-order chi connectivity index (χ1) is 7.65. The molecule has 0 unspecified atom stereocenters. The number of hydrogen-bond acceptors (Lipinski definition) is 4. The van der Waals surface area contributed by atoms with Crippen molar-refractivity contribution >= 4 is 17.5 Å². The number of amides is 2. The molecule has 0 atom stereocenters. The van der Waals surface area contributed by atoms with E-state index in [1.165, 1.54) is 18.2 Å². The molecule has 5 nitrogen and oxygen atoms in total. The minimum absolute atomic E-state index is 0.0982. The van der Waals surface area contributed by atoms with Gasteiger partial charge in [-0.3, -0.25) is 14.4 Å². The molecule has 16 heavy (non-hydrogen) atoms. The highest BCUT2D eigenvalue weighted by Crippen LogP contribution is 2.24. The Bertz CT molecular complexity index is 482. The molecule has 2 rings (SSSR count). The summed E-state index contributed by atoms with van der Waals surface area (Å²) in [6.45, 7) is 3.54. The molecule has 82 valence electrons. The summed E-state index contributed by atoms with van der Waals surface area (Å²) in [5.41, 5.74) is 6.56. The Morgan fingerprint density at radius 2 is 2.00 bits per heavy atom. The van der Waals surface area contributed by atoms with Crippen molar-refractivity contribution in [1.29, 1.82) is 0 Å². The first-order valence-corrected chi connectivity index (χ1v) is 4.67. The molecule has 0 fully saturated rings. The van der Waals surface area contributed by atoms with Gasteiger partial charge in [-0.15, -0.1) is 11.6 Å². The van der Waals surface area contributed by atoms with Gasteiger partial charge < -0.3 is 5.73 Å². The Balaban J connectivity index is 2.36. The molecule has 1 aromatic rings. The lowest BCUT2D eigenvalue weighted by Crippen LogP contribution is -2.29. The maximum absolute atomic E-state index is 11.8. The molecule has 1 aromatic carbocycles. The van der Waals surface area contributed by atoms with Crippen molar-refractivity contribution in [3.05, 3.63) is 42.0 Å². The molecule has 0 spiro atoms. The lowest BCUT2D eigenvalue weighted by atomic mass is 10.1. The van der Waals surface area contributed by atoms with Crippen molar-refractivity contribution in [2.75, 3.05) is 12.3 Å². The van der Waals surface area contributed by atoms with E-state index in [0.717, 1.165) is 5.06 Å². The maximum atomic E-state index is 11.8. The van der Waals surface area contributed by atoms with E-state index < -0.39 is 11.8 Å². The van der Waals surface area contributed by atoms with E-state index in [9.17, 15) is 9.59 Å². The molecule has 0 aromatic heterocycles. The second kappa shape index (κ2) is 3.79. The summed E-state index contributed by atoms with van der Waals surface area (Å²) in [6.07, 6.45) is 1.46. The molecule has 5 heteroatoms. The van der Waals surface area contributed by atoms with Gasteiger partial charge in [-0.25, -0.2) is 0 Å². The van der Waals surface area contributed by atoms with Crippen LogP contribution in [0.1, 0.15) is 20.7 Å². The predicted octanol–water partition coefficient (Wildman–Crippen LogP) is 0.982. The highest BCUT2D eigenvalue weighted by Gasteiger charge is 2.36. The molecular formula is C11H10N2O3. The van der Waals surface area contributed by atoms with Crippen molar-refractivity contribution in [3.63, 3.8) is 0 Å². The topological polar surface area (TPSA) is 72.6 Å². The van der Waals surface area contributed by atoms with Crippen LogP contribution in [-0.2, 0) is 4.84 Å². The van der Waals surface area contributed by atoms with Crippen molar-refractivity contribution < 1.29 is 14.4 Å². The van der Waals surface area contributed by atoms with E-state index in [4.69, 9.17) is 10.6 Å². The molecule has 0 saturated carbocycles. The Labute approximate surface area is 92.1 Å². The van der Waals surface area contributed by atoms with Crippen LogP contribution in [0.2, 0.25) is 0 Å².